The highest BCUT2D eigenvalue weighted by atomic mass is 32.2. The van der Waals surface area contributed by atoms with Gasteiger partial charge in [0.2, 0.25) is 0 Å². The van der Waals surface area contributed by atoms with Gasteiger partial charge in [-0.3, -0.25) is 0 Å². The Morgan fingerprint density at radius 3 is 2.61 bits per heavy atom. The van der Waals surface area contributed by atoms with Crippen LogP contribution in [0.1, 0.15) is 64.1 Å². The summed E-state index contributed by atoms with van der Waals surface area (Å²) in [5, 5.41) is 0.214. The molecule has 0 unspecified atom stereocenters. The van der Waals surface area contributed by atoms with Gasteiger partial charge in [0, 0.05) is 25.1 Å². The van der Waals surface area contributed by atoms with Crippen LogP contribution in [0.25, 0.3) is 0 Å². The molecule has 2 heterocycles. The Morgan fingerprint density at radius 1 is 1.30 bits per heavy atom. The summed E-state index contributed by atoms with van der Waals surface area (Å²) in [4.78, 5) is 7.23. The van der Waals surface area contributed by atoms with Crippen LogP contribution in [0.5, 0.6) is 0 Å². The topological polar surface area (TPSA) is 75.3 Å². The molecule has 6 nitrogen and oxygen atoms in total. The van der Waals surface area contributed by atoms with Crippen molar-refractivity contribution in [3.05, 3.63) is 12.0 Å². The van der Waals surface area contributed by atoms with Crippen molar-refractivity contribution < 1.29 is 13.2 Å². The molecule has 1 N–H and O–H groups in total. The fourth-order valence-corrected chi connectivity index (χ4v) is 5.13. The summed E-state index contributed by atoms with van der Waals surface area (Å²) < 4.78 is 33.6. The maximum atomic E-state index is 13.1. The minimum Gasteiger partial charge on any atom is -0.377 e. The molecule has 2 aliphatic rings. The lowest BCUT2D eigenvalue weighted by Gasteiger charge is -2.29. The first kappa shape index (κ1) is 16.9. The molecule has 1 atom stereocenters. The minimum atomic E-state index is -3.55. The lowest BCUT2D eigenvalue weighted by Crippen LogP contribution is -2.43. The number of hydrogen-bond donors (Lipinski definition) is 1. The van der Waals surface area contributed by atoms with Gasteiger partial charge in [-0.1, -0.05) is 26.7 Å². The number of ether oxygens (including phenoxy) is 1. The Balaban J connectivity index is 1.86. The third-order valence-corrected chi connectivity index (χ3v) is 6.67. The Labute approximate surface area is 138 Å². The molecule has 1 aliphatic carbocycles. The molecule has 130 valence electrons. The molecule has 7 heteroatoms. The van der Waals surface area contributed by atoms with Crippen LogP contribution in [-0.2, 0) is 14.8 Å². The first-order valence-electron chi connectivity index (χ1n) is 8.67. The molecule has 3 rings (SSSR count). The Kier molecular flexibility index (Phi) is 5.08. The van der Waals surface area contributed by atoms with E-state index in [1.54, 1.807) is 4.31 Å². The zero-order valence-electron chi connectivity index (χ0n) is 14.0. The van der Waals surface area contributed by atoms with E-state index in [1.807, 2.05) is 13.8 Å². The van der Waals surface area contributed by atoms with E-state index in [-0.39, 0.29) is 23.1 Å². The fourth-order valence-electron chi connectivity index (χ4n) is 3.49. The second kappa shape index (κ2) is 6.91. The summed E-state index contributed by atoms with van der Waals surface area (Å²) in [6.07, 6.45) is 7.53. The fraction of sp³-hybridized carbons (Fsp3) is 0.812. The first-order valence-corrected chi connectivity index (χ1v) is 10.1. The maximum absolute atomic E-state index is 13.1. The SMILES string of the molecule is CC(C)c1ncc(S(=O)(=O)N(C[C@H]2CCCO2)C2CCCC2)[nH]1. The number of sulfonamides is 1. The predicted molar refractivity (Wildman–Crippen MR) is 87.8 cm³/mol. The zero-order chi connectivity index (χ0) is 16.4. The van der Waals surface area contributed by atoms with E-state index in [9.17, 15) is 8.42 Å². The van der Waals surface area contributed by atoms with Gasteiger partial charge in [0.15, 0.2) is 5.03 Å². The number of H-pyrrole nitrogens is 1. The van der Waals surface area contributed by atoms with Gasteiger partial charge in [0.25, 0.3) is 10.0 Å². The summed E-state index contributed by atoms with van der Waals surface area (Å²) in [5.41, 5.74) is 0. The van der Waals surface area contributed by atoms with Crippen LogP contribution in [0.15, 0.2) is 11.2 Å². The van der Waals surface area contributed by atoms with E-state index in [1.165, 1.54) is 6.20 Å². The Hall–Kier alpha value is -0.920. The summed E-state index contributed by atoms with van der Waals surface area (Å²) in [5.74, 6) is 0.893. The van der Waals surface area contributed by atoms with Gasteiger partial charge < -0.3 is 9.72 Å². The predicted octanol–water partition coefficient (Wildman–Crippen LogP) is 2.65. The van der Waals surface area contributed by atoms with Crippen molar-refractivity contribution in [1.29, 1.82) is 0 Å². The molecule has 2 fully saturated rings. The third kappa shape index (κ3) is 3.61. The molecule has 0 bridgehead atoms. The normalized spacial score (nSPS) is 23.4. The number of nitrogens with zero attached hydrogens (tertiary/aromatic N) is 2. The molecule has 0 amide bonds. The van der Waals surface area contributed by atoms with Crippen molar-refractivity contribution in [2.45, 2.75) is 75.5 Å². The van der Waals surface area contributed by atoms with E-state index in [0.29, 0.717) is 12.4 Å². The van der Waals surface area contributed by atoms with Crippen LogP contribution in [0.4, 0.5) is 0 Å². The van der Waals surface area contributed by atoms with Crippen LogP contribution in [-0.4, -0.2) is 48.0 Å². The van der Waals surface area contributed by atoms with Gasteiger partial charge in [-0.25, -0.2) is 13.4 Å². The Morgan fingerprint density at radius 2 is 2.04 bits per heavy atom. The molecule has 1 aromatic heterocycles. The van der Waals surface area contributed by atoms with Crippen LogP contribution in [0, 0.1) is 0 Å². The van der Waals surface area contributed by atoms with Crippen molar-refractivity contribution in [3.8, 4) is 0 Å². The molecular formula is C16H27N3O3S. The smallest absolute Gasteiger partial charge is 0.260 e. The second-order valence-electron chi connectivity index (χ2n) is 6.94. The molecule has 1 aliphatic heterocycles. The van der Waals surface area contributed by atoms with Crippen LogP contribution in [0.3, 0.4) is 0 Å². The standard InChI is InChI=1S/C16H27N3O3S/c1-12(2)16-17-10-15(18-16)23(20,21)19(13-6-3-4-7-13)11-14-8-5-9-22-14/h10,12-14H,3-9,11H2,1-2H3,(H,17,18)/t14-/m1/s1. The summed E-state index contributed by atoms with van der Waals surface area (Å²) in [6, 6.07) is 0.0926. The molecule has 1 saturated carbocycles. The molecule has 1 saturated heterocycles. The van der Waals surface area contributed by atoms with Gasteiger partial charge >= 0.3 is 0 Å². The lowest BCUT2D eigenvalue weighted by molar-refractivity contribution is 0.0860. The summed E-state index contributed by atoms with van der Waals surface area (Å²) in [7, 11) is -3.55. The number of aromatic nitrogens is 2. The average molecular weight is 341 g/mol. The number of hydrogen-bond acceptors (Lipinski definition) is 4. The van der Waals surface area contributed by atoms with Crippen LogP contribution < -0.4 is 0 Å². The van der Waals surface area contributed by atoms with Crippen molar-refractivity contribution in [2.75, 3.05) is 13.2 Å². The zero-order valence-corrected chi connectivity index (χ0v) is 14.8. The highest BCUT2D eigenvalue weighted by Gasteiger charge is 2.36. The quantitative estimate of drug-likeness (QED) is 0.863. The van der Waals surface area contributed by atoms with E-state index >= 15 is 0 Å². The van der Waals surface area contributed by atoms with Crippen molar-refractivity contribution in [2.24, 2.45) is 0 Å². The van der Waals surface area contributed by atoms with Gasteiger partial charge in [-0.15, -0.1) is 0 Å². The first-order chi connectivity index (χ1) is 11.0. The van der Waals surface area contributed by atoms with E-state index in [0.717, 1.165) is 45.1 Å². The van der Waals surface area contributed by atoms with Gasteiger partial charge in [0.05, 0.1) is 12.3 Å². The summed E-state index contributed by atoms with van der Waals surface area (Å²) in [6.45, 7) is 5.19. The second-order valence-corrected chi connectivity index (χ2v) is 8.79. The number of imidazole rings is 1. The van der Waals surface area contributed by atoms with Crippen molar-refractivity contribution in [3.63, 3.8) is 0 Å². The molecule has 1 aromatic rings. The molecule has 23 heavy (non-hydrogen) atoms. The van der Waals surface area contributed by atoms with E-state index in [4.69, 9.17) is 4.74 Å². The summed E-state index contributed by atoms with van der Waals surface area (Å²) >= 11 is 0. The average Bonchev–Trinajstić information content (AvgIpc) is 3.24. The van der Waals surface area contributed by atoms with E-state index in [2.05, 4.69) is 9.97 Å². The molecule has 0 aromatic carbocycles. The van der Waals surface area contributed by atoms with Gasteiger partial charge in [-0.2, -0.15) is 4.31 Å². The highest BCUT2D eigenvalue weighted by molar-refractivity contribution is 7.89. The third-order valence-electron chi connectivity index (χ3n) is 4.85. The van der Waals surface area contributed by atoms with Crippen LogP contribution in [0.2, 0.25) is 0 Å². The largest absolute Gasteiger partial charge is 0.377 e. The lowest BCUT2D eigenvalue weighted by atomic mass is 10.2. The number of aromatic amines is 1. The maximum Gasteiger partial charge on any atom is 0.260 e. The van der Waals surface area contributed by atoms with Crippen LogP contribution >= 0.6 is 0 Å². The molecule has 0 spiro atoms. The minimum absolute atomic E-state index is 0.0258. The van der Waals surface area contributed by atoms with Gasteiger partial charge in [-0.05, 0) is 25.7 Å². The number of nitrogens with one attached hydrogen (secondary N) is 1. The van der Waals surface area contributed by atoms with E-state index < -0.39 is 10.0 Å². The van der Waals surface area contributed by atoms with Gasteiger partial charge in [0.1, 0.15) is 5.82 Å². The van der Waals surface area contributed by atoms with Crippen molar-refractivity contribution in [1.82, 2.24) is 14.3 Å². The van der Waals surface area contributed by atoms with Crippen molar-refractivity contribution >= 4 is 10.0 Å². The monoisotopic (exact) mass is 341 g/mol. The number of rotatable bonds is 6. The molecule has 0 radical (unpaired) electrons. The highest BCUT2D eigenvalue weighted by Crippen LogP contribution is 2.30. The Bertz CT molecular complexity index is 614. The molecular weight excluding hydrogens is 314 g/mol.